The summed E-state index contributed by atoms with van der Waals surface area (Å²) in [6.07, 6.45) is 0. The number of nitrogens with zero attached hydrogens (tertiary/aromatic N) is 1. The fraction of sp³-hybridized carbons (Fsp3) is 0.0833. The SMILES string of the molecule is Cc1c(N)cccc1S(=O)(=O)Nc1cccc(F)n1. The van der Waals surface area contributed by atoms with E-state index in [1.807, 2.05) is 0 Å². The Morgan fingerprint density at radius 3 is 2.58 bits per heavy atom. The molecule has 2 aromatic rings. The summed E-state index contributed by atoms with van der Waals surface area (Å²) in [6, 6.07) is 8.43. The maximum absolute atomic E-state index is 12.9. The number of sulfonamides is 1. The molecule has 1 aromatic carbocycles. The molecule has 5 nitrogen and oxygen atoms in total. The predicted octanol–water partition coefficient (Wildman–Crippen LogP) is 1.91. The third kappa shape index (κ3) is 2.82. The van der Waals surface area contributed by atoms with E-state index in [1.165, 1.54) is 24.3 Å². The number of nitrogens with two attached hydrogens (primary N) is 1. The topological polar surface area (TPSA) is 85.1 Å². The summed E-state index contributed by atoms with van der Waals surface area (Å²) in [5.74, 6) is -0.841. The van der Waals surface area contributed by atoms with Crippen LogP contribution in [0.15, 0.2) is 41.3 Å². The van der Waals surface area contributed by atoms with Crippen molar-refractivity contribution in [3.63, 3.8) is 0 Å². The molecule has 0 unspecified atom stereocenters. The van der Waals surface area contributed by atoms with Crippen LogP contribution in [0.25, 0.3) is 0 Å². The second kappa shape index (κ2) is 4.85. The first kappa shape index (κ1) is 13.3. The molecular weight excluding hydrogens is 269 g/mol. The minimum absolute atomic E-state index is 0.0403. The van der Waals surface area contributed by atoms with E-state index in [-0.39, 0.29) is 10.7 Å². The highest BCUT2D eigenvalue weighted by atomic mass is 32.2. The highest BCUT2D eigenvalue weighted by Crippen LogP contribution is 2.22. The van der Waals surface area contributed by atoms with Crippen molar-refractivity contribution in [2.45, 2.75) is 11.8 Å². The van der Waals surface area contributed by atoms with Crippen molar-refractivity contribution in [3.8, 4) is 0 Å². The molecular formula is C12H12FN3O2S. The summed E-state index contributed by atoms with van der Waals surface area (Å²) in [5, 5.41) is 0. The van der Waals surface area contributed by atoms with Crippen LogP contribution in [0.1, 0.15) is 5.56 Å². The van der Waals surface area contributed by atoms with Gasteiger partial charge in [0, 0.05) is 5.69 Å². The van der Waals surface area contributed by atoms with E-state index in [2.05, 4.69) is 9.71 Å². The number of aromatic nitrogens is 1. The smallest absolute Gasteiger partial charge is 0.263 e. The third-order valence-corrected chi connectivity index (χ3v) is 4.07. The minimum Gasteiger partial charge on any atom is -0.398 e. The number of halogens is 1. The lowest BCUT2D eigenvalue weighted by atomic mass is 10.2. The predicted molar refractivity (Wildman–Crippen MR) is 70.6 cm³/mol. The van der Waals surface area contributed by atoms with E-state index >= 15 is 0 Å². The quantitative estimate of drug-likeness (QED) is 0.665. The van der Waals surface area contributed by atoms with E-state index in [0.717, 1.165) is 6.07 Å². The lowest BCUT2D eigenvalue weighted by Crippen LogP contribution is -2.16. The fourth-order valence-electron chi connectivity index (χ4n) is 1.58. The van der Waals surface area contributed by atoms with E-state index in [1.54, 1.807) is 13.0 Å². The molecule has 1 aromatic heterocycles. The van der Waals surface area contributed by atoms with Gasteiger partial charge in [-0.2, -0.15) is 4.39 Å². The van der Waals surface area contributed by atoms with Crippen LogP contribution in [-0.2, 0) is 10.0 Å². The Labute approximate surface area is 110 Å². The van der Waals surface area contributed by atoms with E-state index < -0.39 is 16.0 Å². The lowest BCUT2D eigenvalue weighted by Gasteiger charge is -2.10. The van der Waals surface area contributed by atoms with Crippen LogP contribution in [0.4, 0.5) is 15.9 Å². The first-order chi connectivity index (χ1) is 8.90. The average Bonchev–Trinajstić information content (AvgIpc) is 2.32. The van der Waals surface area contributed by atoms with Gasteiger partial charge in [0.25, 0.3) is 10.0 Å². The lowest BCUT2D eigenvalue weighted by molar-refractivity contribution is 0.584. The van der Waals surface area contributed by atoms with Gasteiger partial charge in [-0.15, -0.1) is 0 Å². The van der Waals surface area contributed by atoms with Gasteiger partial charge in [-0.1, -0.05) is 12.1 Å². The van der Waals surface area contributed by atoms with E-state index in [4.69, 9.17) is 5.73 Å². The monoisotopic (exact) mass is 281 g/mol. The molecule has 0 atom stereocenters. The normalized spacial score (nSPS) is 11.3. The summed E-state index contributed by atoms with van der Waals surface area (Å²) < 4.78 is 39.4. The molecule has 7 heteroatoms. The molecule has 0 radical (unpaired) electrons. The van der Waals surface area contributed by atoms with Crippen LogP contribution in [0.5, 0.6) is 0 Å². The molecule has 100 valence electrons. The van der Waals surface area contributed by atoms with Crippen molar-refractivity contribution in [1.29, 1.82) is 0 Å². The van der Waals surface area contributed by atoms with E-state index in [9.17, 15) is 12.8 Å². The molecule has 19 heavy (non-hydrogen) atoms. The van der Waals surface area contributed by atoms with Crippen LogP contribution in [0.2, 0.25) is 0 Å². The molecule has 0 amide bonds. The van der Waals surface area contributed by atoms with Crippen molar-refractivity contribution >= 4 is 21.5 Å². The average molecular weight is 281 g/mol. The molecule has 0 aliphatic heterocycles. The first-order valence-corrected chi connectivity index (χ1v) is 6.89. The van der Waals surface area contributed by atoms with Crippen molar-refractivity contribution in [1.82, 2.24) is 4.98 Å². The van der Waals surface area contributed by atoms with Gasteiger partial charge >= 0.3 is 0 Å². The standard InChI is InChI=1S/C12H12FN3O2S/c1-8-9(14)4-2-5-10(8)19(17,18)16-12-7-3-6-11(13)15-12/h2-7H,14H2,1H3,(H,15,16). The largest absolute Gasteiger partial charge is 0.398 e. The number of hydrogen-bond donors (Lipinski definition) is 2. The van der Waals surface area contributed by atoms with Crippen LogP contribution in [0, 0.1) is 12.9 Å². The molecule has 3 N–H and O–H groups in total. The van der Waals surface area contributed by atoms with Gasteiger partial charge in [0.15, 0.2) is 0 Å². The Hall–Kier alpha value is -2.15. The van der Waals surface area contributed by atoms with Crippen molar-refractivity contribution in [2.75, 3.05) is 10.5 Å². The highest BCUT2D eigenvalue weighted by molar-refractivity contribution is 7.92. The molecule has 1 heterocycles. The van der Waals surface area contributed by atoms with Gasteiger partial charge < -0.3 is 5.73 Å². The van der Waals surface area contributed by atoms with Crippen molar-refractivity contribution < 1.29 is 12.8 Å². The van der Waals surface area contributed by atoms with Gasteiger partial charge in [0.2, 0.25) is 5.95 Å². The summed E-state index contributed by atoms with van der Waals surface area (Å²) in [7, 11) is -3.84. The summed E-state index contributed by atoms with van der Waals surface area (Å²) in [4.78, 5) is 3.49. The molecule has 0 saturated heterocycles. The van der Waals surface area contributed by atoms with Gasteiger partial charge in [0.05, 0.1) is 4.90 Å². The molecule has 0 aliphatic rings. The Balaban J connectivity index is 2.41. The molecule has 0 bridgehead atoms. The Morgan fingerprint density at radius 1 is 1.21 bits per heavy atom. The Morgan fingerprint density at radius 2 is 1.89 bits per heavy atom. The number of rotatable bonds is 3. The Kier molecular flexibility index (Phi) is 3.39. The highest BCUT2D eigenvalue weighted by Gasteiger charge is 2.18. The number of hydrogen-bond acceptors (Lipinski definition) is 4. The number of anilines is 2. The van der Waals surface area contributed by atoms with Gasteiger partial charge in [0.1, 0.15) is 5.82 Å². The maximum atomic E-state index is 12.9. The molecule has 0 saturated carbocycles. The summed E-state index contributed by atoms with van der Waals surface area (Å²) >= 11 is 0. The molecule has 2 rings (SSSR count). The van der Waals surface area contributed by atoms with Gasteiger partial charge in [-0.05, 0) is 36.8 Å². The zero-order chi connectivity index (χ0) is 14.0. The minimum atomic E-state index is -3.84. The maximum Gasteiger partial charge on any atom is 0.263 e. The fourth-order valence-corrected chi connectivity index (χ4v) is 2.86. The molecule has 0 spiro atoms. The van der Waals surface area contributed by atoms with Crippen LogP contribution in [-0.4, -0.2) is 13.4 Å². The number of benzene rings is 1. The van der Waals surface area contributed by atoms with Crippen LogP contribution in [0.3, 0.4) is 0 Å². The summed E-state index contributed by atoms with van der Waals surface area (Å²) in [5.41, 5.74) is 6.47. The van der Waals surface area contributed by atoms with Crippen molar-refractivity contribution in [3.05, 3.63) is 47.9 Å². The zero-order valence-corrected chi connectivity index (χ0v) is 10.9. The number of nitrogen functional groups attached to an aromatic ring is 1. The van der Waals surface area contributed by atoms with Gasteiger partial charge in [-0.25, -0.2) is 13.4 Å². The molecule has 0 fully saturated rings. The van der Waals surface area contributed by atoms with E-state index in [0.29, 0.717) is 11.3 Å². The summed E-state index contributed by atoms with van der Waals surface area (Å²) in [6.45, 7) is 1.60. The van der Waals surface area contributed by atoms with Crippen LogP contribution < -0.4 is 10.5 Å². The zero-order valence-electron chi connectivity index (χ0n) is 10.1. The second-order valence-corrected chi connectivity index (χ2v) is 5.57. The molecule has 0 aliphatic carbocycles. The second-order valence-electron chi connectivity index (χ2n) is 3.92. The first-order valence-electron chi connectivity index (χ1n) is 5.40. The third-order valence-electron chi connectivity index (χ3n) is 2.57. The van der Waals surface area contributed by atoms with Crippen LogP contribution >= 0.6 is 0 Å². The number of nitrogens with one attached hydrogen (secondary N) is 1. The Bertz CT molecular complexity index is 717. The number of pyridine rings is 1. The van der Waals surface area contributed by atoms with Crippen molar-refractivity contribution in [2.24, 2.45) is 0 Å². The van der Waals surface area contributed by atoms with Gasteiger partial charge in [-0.3, -0.25) is 4.72 Å².